The molecule has 0 fully saturated rings. The van der Waals surface area contributed by atoms with E-state index in [9.17, 15) is 9.59 Å². The molecule has 0 heterocycles. The van der Waals surface area contributed by atoms with Crippen LogP contribution in [-0.4, -0.2) is 36.1 Å². The van der Waals surface area contributed by atoms with Crippen LogP contribution >= 0.6 is 0 Å². The first kappa shape index (κ1) is 13.9. The van der Waals surface area contributed by atoms with Crippen molar-refractivity contribution in [2.75, 3.05) is 13.2 Å². The average molecular weight is 217 g/mol. The van der Waals surface area contributed by atoms with Crippen molar-refractivity contribution < 1.29 is 14.7 Å². The van der Waals surface area contributed by atoms with E-state index in [1.165, 1.54) is 0 Å². The highest BCUT2D eigenvalue weighted by atomic mass is 16.3. The predicted molar refractivity (Wildman–Crippen MR) is 55.7 cm³/mol. The predicted octanol–water partition coefficient (Wildman–Crippen LogP) is -1.68. The zero-order valence-electron chi connectivity index (χ0n) is 9.12. The second kappa shape index (κ2) is 5.67. The van der Waals surface area contributed by atoms with Crippen LogP contribution in [0, 0.1) is 5.41 Å². The summed E-state index contributed by atoms with van der Waals surface area (Å²) in [6.07, 6.45) is -0.175. The first-order valence-electron chi connectivity index (χ1n) is 4.71. The van der Waals surface area contributed by atoms with Gasteiger partial charge in [0.15, 0.2) is 0 Å². The SMILES string of the molecule is CC(C)(CO)CNC(=O)[C@@H](N)CC(N)=O. The van der Waals surface area contributed by atoms with Gasteiger partial charge in [-0.2, -0.15) is 0 Å². The molecule has 15 heavy (non-hydrogen) atoms. The van der Waals surface area contributed by atoms with Gasteiger partial charge in [-0.15, -0.1) is 0 Å². The van der Waals surface area contributed by atoms with Gasteiger partial charge in [-0.25, -0.2) is 0 Å². The summed E-state index contributed by atoms with van der Waals surface area (Å²) < 4.78 is 0. The molecule has 1 atom stereocenters. The molecular formula is C9H19N3O3. The van der Waals surface area contributed by atoms with E-state index >= 15 is 0 Å². The summed E-state index contributed by atoms with van der Waals surface area (Å²) in [6, 6.07) is -0.919. The van der Waals surface area contributed by atoms with E-state index < -0.39 is 23.3 Å². The number of amides is 2. The van der Waals surface area contributed by atoms with Gasteiger partial charge in [0, 0.05) is 18.6 Å². The number of hydrogen-bond acceptors (Lipinski definition) is 4. The van der Waals surface area contributed by atoms with Gasteiger partial charge in [0.1, 0.15) is 0 Å². The Labute approximate surface area is 89.0 Å². The van der Waals surface area contributed by atoms with Crippen molar-refractivity contribution in [1.82, 2.24) is 5.32 Å². The number of hydrogen-bond donors (Lipinski definition) is 4. The highest BCUT2D eigenvalue weighted by Crippen LogP contribution is 2.11. The number of aliphatic hydroxyl groups excluding tert-OH is 1. The van der Waals surface area contributed by atoms with Crippen LogP contribution in [0.15, 0.2) is 0 Å². The molecule has 0 saturated heterocycles. The summed E-state index contributed by atoms with van der Waals surface area (Å²) in [6.45, 7) is 3.85. The van der Waals surface area contributed by atoms with Crippen LogP contribution in [0.4, 0.5) is 0 Å². The molecule has 6 heteroatoms. The summed E-state index contributed by atoms with van der Waals surface area (Å²) in [4.78, 5) is 21.8. The Balaban J connectivity index is 3.98. The number of rotatable bonds is 6. The lowest BCUT2D eigenvalue weighted by atomic mass is 9.95. The third kappa shape index (κ3) is 6.03. The summed E-state index contributed by atoms with van der Waals surface area (Å²) in [5, 5.41) is 11.5. The molecule has 0 radical (unpaired) electrons. The number of aliphatic hydroxyl groups is 1. The van der Waals surface area contributed by atoms with Gasteiger partial charge in [-0.3, -0.25) is 9.59 Å². The third-order valence-electron chi connectivity index (χ3n) is 1.93. The summed E-state index contributed by atoms with van der Waals surface area (Å²) in [7, 11) is 0. The van der Waals surface area contributed by atoms with E-state index in [-0.39, 0.29) is 13.0 Å². The molecule has 88 valence electrons. The first-order valence-corrected chi connectivity index (χ1v) is 4.71. The lowest BCUT2D eigenvalue weighted by Crippen LogP contribution is -2.46. The quantitative estimate of drug-likeness (QED) is 0.425. The first-order chi connectivity index (χ1) is 6.78. The second-order valence-electron chi connectivity index (χ2n) is 4.32. The Kier molecular flexibility index (Phi) is 5.24. The molecule has 0 aromatic heterocycles. The molecule has 2 amide bonds. The molecule has 0 aliphatic heterocycles. The fourth-order valence-electron chi connectivity index (χ4n) is 0.823. The van der Waals surface area contributed by atoms with Crippen LogP contribution in [0.2, 0.25) is 0 Å². The molecule has 0 rings (SSSR count). The topological polar surface area (TPSA) is 118 Å². The van der Waals surface area contributed by atoms with Crippen molar-refractivity contribution >= 4 is 11.8 Å². The number of primary amides is 1. The molecule has 0 aromatic rings. The number of carbonyl (C=O) groups excluding carboxylic acids is 2. The highest BCUT2D eigenvalue weighted by Gasteiger charge is 2.20. The summed E-state index contributed by atoms with van der Waals surface area (Å²) >= 11 is 0. The molecular weight excluding hydrogens is 198 g/mol. The van der Waals surface area contributed by atoms with Gasteiger partial charge in [0.2, 0.25) is 11.8 Å². The van der Waals surface area contributed by atoms with Gasteiger partial charge >= 0.3 is 0 Å². The van der Waals surface area contributed by atoms with E-state index in [4.69, 9.17) is 16.6 Å². The maximum atomic E-state index is 11.3. The fraction of sp³-hybridized carbons (Fsp3) is 0.778. The minimum absolute atomic E-state index is 0.0433. The van der Waals surface area contributed by atoms with E-state index in [1.54, 1.807) is 13.8 Å². The molecule has 0 aromatic carbocycles. The minimum Gasteiger partial charge on any atom is -0.396 e. The molecule has 0 aliphatic rings. The van der Waals surface area contributed by atoms with E-state index in [0.29, 0.717) is 6.54 Å². The van der Waals surface area contributed by atoms with Gasteiger partial charge in [-0.05, 0) is 0 Å². The maximum absolute atomic E-state index is 11.3. The second-order valence-corrected chi connectivity index (χ2v) is 4.32. The largest absolute Gasteiger partial charge is 0.396 e. The van der Waals surface area contributed by atoms with Crippen LogP contribution < -0.4 is 16.8 Å². The van der Waals surface area contributed by atoms with Crippen molar-refractivity contribution in [3.8, 4) is 0 Å². The van der Waals surface area contributed by atoms with E-state index in [0.717, 1.165) is 0 Å². The molecule has 6 nitrogen and oxygen atoms in total. The Bertz CT molecular complexity index is 241. The maximum Gasteiger partial charge on any atom is 0.237 e. The normalized spacial score (nSPS) is 13.3. The van der Waals surface area contributed by atoms with Crippen molar-refractivity contribution in [3.05, 3.63) is 0 Å². The zero-order valence-corrected chi connectivity index (χ0v) is 9.12. The highest BCUT2D eigenvalue weighted by molar-refractivity contribution is 5.87. The van der Waals surface area contributed by atoms with Gasteiger partial charge < -0.3 is 21.9 Å². The molecule has 0 saturated carbocycles. The molecule has 0 bridgehead atoms. The van der Waals surface area contributed by atoms with Crippen molar-refractivity contribution in [2.45, 2.75) is 26.3 Å². The lowest BCUT2D eigenvalue weighted by Gasteiger charge is -2.22. The molecule has 0 spiro atoms. The van der Waals surface area contributed by atoms with E-state index in [2.05, 4.69) is 5.32 Å². The van der Waals surface area contributed by atoms with Gasteiger partial charge in [0.05, 0.1) is 12.5 Å². The number of carbonyl (C=O) groups is 2. The van der Waals surface area contributed by atoms with Gasteiger partial charge in [0.25, 0.3) is 0 Å². The third-order valence-corrected chi connectivity index (χ3v) is 1.93. The van der Waals surface area contributed by atoms with Crippen LogP contribution in [-0.2, 0) is 9.59 Å². The lowest BCUT2D eigenvalue weighted by molar-refractivity contribution is -0.126. The Morgan fingerprint density at radius 2 is 2.00 bits per heavy atom. The number of nitrogens with one attached hydrogen (secondary N) is 1. The zero-order chi connectivity index (χ0) is 12.1. The van der Waals surface area contributed by atoms with Crippen molar-refractivity contribution in [3.63, 3.8) is 0 Å². The van der Waals surface area contributed by atoms with Crippen LogP contribution in [0.5, 0.6) is 0 Å². The Morgan fingerprint density at radius 1 is 1.47 bits per heavy atom. The molecule has 0 unspecified atom stereocenters. The molecule has 6 N–H and O–H groups in total. The Hall–Kier alpha value is -1.14. The smallest absolute Gasteiger partial charge is 0.237 e. The monoisotopic (exact) mass is 217 g/mol. The van der Waals surface area contributed by atoms with Crippen LogP contribution in [0.25, 0.3) is 0 Å². The standard InChI is InChI=1S/C9H19N3O3/c1-9(2,5-13)4-12-8(15)6(10)3-7(11)14/h6,13H,3-5,10H2,1-2H3,(H2,11,14)(H,12,15)/t6-/m0/s1. The summed E-state index contributed by atoms with van der Waals surface area (Å²) in [5.74, 6) is -1.05. The molecule has 0 aliphatic carbocycles. The van der Waals surface area contributed by atoms with Crippen LogP contribution in [0.1, 0.15) is 20.3 Å². The number of nitrogens with two attached hydrogens (primary N) is 2. The van der Waals surface area contributed by atoms with Gasteiger partial charge in [-0.1, -0.05) is 13.8 Å². The van der Waals surface area contributed by atoms with Crippen molar-refractivity contribution in [1.29, 1.82) is 0 Å². The Morgan fingerprint density at radius 3 is 2.40 bits per heavy atom. The van der Waals surface area contributed by atoms with Crippen LogP contribution in [0.3, 0.4) is 0 Å². The average Bonchev–Trinajstić information content (AvgIpc) is 2.13. The van der Waals surface area contributed by atoms with Crippen molar-refractivity contribution in [2.24, 2.45) is 16.9 Å². The minimum atomic E-state index is -0.919. The fourth-order valence-corrected chi connectivity index (χ4v) is 0.823. The van der Waals surface area contributed by atoms with E-state index in [1.807, 2.05) is 0 Å². The summed E-state index contributed by atoms with van der Waals surface area (Å²) in [5.41, 5.74) is 9.91.